The zero-order valence-corrected chi connectivity index (χ0v) is 12.6. The van der Waals surface area contributed by atoms with Gasteiger partial charge in [0.2, 0.25) is 0 Å². The molecule has 5 heteroatoms. The van der Waals surface area contributed by atoms with E-state index in [0.717, 1.165) is 5.69 Å². The zero-order chi connectivity index (χ0) is 14.6. The van der Waals surface area contributed by atoms with Crippen LogP contribution in [0.1, 0.15) is 31.1 Å². The van der Waals surface area contributed by atoms with E-state index in [0.29, 0.717) is 17.1 Å². The maximum Gasteiger partial charge on any atom is 0.256 e. The lowest BCUT2D eigenvalue weighted by atomic mass is 10.1. The number of likely N-dealkylation sites (N-methyl/N-ethyl adjacent to an activating group) is 1. The van der Waals surface area contributed by atoms with Crippen molar-refractivity contribution in [2.75, 3.05) is 25.5 Å². The highest BCUT2D eigenvalue weighted by molar-refractivity contribution is 6.31. The third-order valence-electron chi connectivity index (χ3n) is 2.73. The number of carbonyl (C=O) groups is 1. The predicted molar refractivity (Wildman–Crippen MR) is 78.9 cm³/mol. The third kappa shape index (κ3) is 4.40. The molecular weight excluding hydrogens is 264 g/mol. The first-order valence-electron chi connectivity index (χ1n) is 6.27. The standard InChI is InChI=1S/C14H21ClN2O2/c1-5-17(9-14(2,3)19)13(18)11-8-10(15)6-7-12(11)16-4/h6-8,16,19H,5,9H2,1-4H3. The van der Waals surface area contributed by atoms with Crippen LogP contribution in [0.3, 0.4) is 0 Å². The summed E-state index contributed by atoms with van der Waals surface area (Å²) in [7, 11) is 1.76. The molecule has 0 aliphatic rings. The topological polar surface area (TPSA) is 52.6 Å². The fourth-order valence-electron chi connectivity index (χ4n) is 1.88. The number of nitrogens with one attached hydrogen (secondary N) is 1. The van der Waals surface area contributed by atoms with Crippen LogP contribution in [0, 0.1) is 0 Å². The van der Waals surface area contributed by atoms with Gasteiger partial charge >= 0.3 is 0 Å². The van der Waals surface area contributed by atoms with Gasteiger partial charge in [0.1, 0.15) is 0 Å². The average molecular weight is 285 g/mol. The van der Waals surface area contributed by atoms with Crippen molar-refractivity contribution >= 4 is 23.2 Å². The van der Waals surface area contributed by atoms with Gasteiger partial charge in [-0.2, -0.15) is 0 Å². The summed E-state index contributed by atoms with van der Waals surface area (Å²) in [5.74, 6) is -0.142. The van der Waals surface area contributed by atoms with Crippen molar-refractivity contribution in [1.82, 2.24) is 4.90 Å². The van der Waals surface area contributed by atoms with E-state index in [1.165, 1.54) is 0 Å². The number of hydrogen-bond donors (Lipinski definition) is 2. The third-order valence-corrected chi connectivity index (χ3v) is 2.96. The van der Waals surface area contributed by atoms with Crippen molar-refractivity contribution in [1.29, 1.82) is 0 Å². The quantitative estimate of drug-likeness (QED) is 0.874. The van der Waals surface area contributed by atoms with E-state index in [1.807, 2.05) is 6.92 Å². The van der Waals surface area contributed by atoms with E-state index in [4.69, 9.17) is 11.6 Å². The zero-order valence-electron chi connectivity index (χ0n) is 11.8. The first-order valence-corrected chi connectivity index (χ1v) is 6.65. The van der Waals surface area contributed by atoms with Crippen LogP contribution in [0.15, 0.2) is 18.2 Å². The maximum atomic E-state index is 12.5. The van der Waals surface area contributed by atoms with Crippen molar-refractivity contribution in [2.24, 2.45) is 0 Å². The highest BCUT2D eigenvalue weighted by Crippen LogP contribution is 2.22. The van der Waals surface area contributed by atoms with E-state index in [2.05, 4.69) is 5.32 Å². The van der Waals surface area contributed by atoms with E-state index >= 15 is 0 Å². The second-order valence-electron chi connectivity index (χ2n) is 5.07. The van der Waals surface area contributed by atoms with Gasteiger partial charge in [0, 0.05) is 30.8 Å². The number of nitrogens with zero attached hydrogens (tertiary/aromatic N) is 1. The first-order chi connectivity index (χ1) is 8.78. The molecule has 0 aliphatic carbocycles. The molecule has 4 nitrogen and oxygen atoms in total. The lowest BCUT2D eigenvalue weighted by molar-refractivity contribution is 0.0315. The lowest BCUT2D eigenvalue weighted by Gasteiger charge is -2.28. The van der Waals surface area contributed by atoms with Crippen LogP contribution >= 0.6 is 11.6 Å². The number of amides is 1. The summed E-state index contributed by atoms with van der Waals surface area (Å²) in [5.41, 5.74) is 0.314. The molecule has 0 fully saturated rings. The summed E-state index contributed by atoms with van der Waals surface area (Å²) in [6.07, 6.45) is 0. The Hall–Kier alpha value is -1.26. The number of benzene rings is 1. The smallest absolute Gasteiger partial charge is 0.256 e. The molecule has 106 valence electrons. The molecule has 0 saturated heterocycles. The second-order valence-corrected chi connectivity index (χ2v) is 5.51. The molecule has 0 bridgehead atoms. The molecule has 0 aromatic heterocycles. The van der Waals surface area contributed by atoms with E-state index in [-0.39, 0.29) is 12.5 Å². The predicted octanol–water partition coefficient (Wildman–Crippen LogP) is 2.61. The molecule has 0 radical (unpaired) electrons. The Kier molecular flexibility index (Phi) is 5.20. The maximum absolute atomic E-state index is 12.5. The SMILES string of the molecule is CCN(CC(C)(C)O)C(=O)c1cc(Cl)ccc1NC. The molecule has 0 saturated carbocycles. The van der Waals surface area contributed by atoms with Gasteiger partial charge in [-0.25, -0.2) is 0 Å². The van der Waals surface area contributed by atoms with Gasteiger partial charge in [0.05, 0.1) is 11.2 Å². The van der Waals surface area contributed by atoms with E-state index in [1.54, 1.807) is 44.0 Å². The molecule has 1 rings (SSSR count). The summed E-state index contributed by atoms with van der Waals surface area (Å²) in [4.78, 5) is 14.1. The minimum atomic E-state index is -0.927. The Morgan fingerprint density at radius 3 is 2.58 bits per heavy atom. The molecular formula is C14H21ClN2O2. The average Bonchev–Trinajstić information content (AvgIpc) is 2.34. The molecule has 0 heterocycles. The molecule has 0 unspecified atom stereocenters. The van der Waals surface area contributed by atoms with Gasteiger partial charge in [-0.1, -0.05) is 11.6 Å². The van der Waals surface area contributed by atoms with Crippen LogP contribution in [-0.4, -0.2) is 41.7 Å². The summed E-state index contributed by atoms with van der Waals surface area (Å²) in [6, 6.07) is 5.15. The molecule has 1 aromatic rings. The van der Waals surface area contributed by atoms with Crippen molar-refractivity contribution in [3.63, 3.8) is 0 Å². The summed E-state index contributed by atoms with van der Waals surface area (Å²) >= 11 is 5.95. The minimum Gasteiger partial charge on any atom is -0.389 e. The number of rotatable bonds is 5. The summed E-state index contributed by atoms with van der Waals surface area (Å²) in [5, 5.41) is 13.4. The van der Waals surface area contributed by atoms with Crippen LogP contribution in [-0.2, 0) is 0 Å². The molecule has 19 heavy (non-hydrogen) atoms. The number of hydrogen-bond acceptors (Lipinski definition) is 3. The van der Waals surface area contributed by atoms with Crippen molar-refractivity contribution < 1.29 is 9.90 Å². The van der Waals surface area contributed by atoms with Crippen LogP contribution in [0.4, 0.5) is 5.69 Å². The summed E-state index contributed by atoms with van der Waals surface area (Å²) < 4.78 is 0. The Bertz CT molecular complexity index is 455. The van der Waals surface area contributed by atoms with Gasteiger partial charge in [-0.15, -0.1) is 0 Å². The molecule has 0 spiro atoms. The van der Waals surface area contributed by atoms with E-state index in [9.17, 15) is 9.90 Å². The molecule has 0 atom stereocenters. The minimum absolute atomic E-state index is 0.142. The lowest BCUT2D eigenvalue weighted by Crippen LogP contribution is -2.42. The molecule has 1 amide bonds. The Morgan fingerprint density at radius 1 is 1.47 bits per heavy atom. The van der Waals surface area contributed by atoms with Crippen LogP contribution in [0.2, 0.25) is 5.02 Å². The summed E-state index contributed by atoms with van der Waals surface area (Å²) in [6.45, 7) is 6.05. The molecule has 0 aliphatic heterocycles. The van der Waals surface area contributed by atoms with Crippen molar-refractivity contribution in [3.8, 4) is 0 Å². The van der Waals surface area contributed by atoms with Crippen LogP contribution in [0.25, 0.3) is 0 Å². The number of halogens is 1. The second kappa shape index (κ2) is 6.26. The van der Waals surface area contributed by atoms with E-state index < -0.39 is 5.60 Å². The van der Waals surface area contributed by atoms with Gasteiger partial charge in [-0.05, 0) is 39.0 Å². The Balaban J connectivity index is 3.06. The fourth-order valence-corrected chi connectivity index (χ4v) is 2.05. The van der Waals surface area contributed by atoms with Crippen LogP contribution in [0.5, 0.6) is 0 Å². The fraction of sp³-hybridized carbons (Fsp3) is 0.500. The van der Waals surface area contributed by atoms with Gasteiger partial charge in [0.15, 0.2) is 0 Å². The highest BCUT2D eigenvalue weighted by Gasteiger charge is 2.23. The number of aliphatic hydroxyl groups is 1. The van der Waals surface area contributed by atoms with Gasteiger partial charge < -0.3 is 15.3 Å². The van der Waals surface area contributed by atoms with Crippen molar-refractivity contribution in [3.05, 3.63) is 28.8 Å². The van der Waals surface area contributed by atoms with Crippen molar-refractivity contribution in [2.45, 2.75) is 26.4 Å². The Morgan fingerprint density at radius 2 is 2.11 bits per heavy atom. The highest BCUT2D eigenvalue weighted by atomic mass is 35.5. The number of carbonyl (C=O) groups excluding carboxylic acids is 1. The monoisotopic (exact) mass is 284 g/mol. The normalized spacial score (nSPS) is 11.3. The van der Waals surface area contributed by atoms with Gasteiger partial charge in [0.25, 0.3) is 5.91 Å². The number of anilines is 1. The molecule has 1 aromatic carbocycles. The van der Waals surface area contributed by atoms with Crippen LogP contribution < -0.4 is 5.32 Å². The Labute approximate surface area is 119 Å². The first kappa shape index (κ1) is 15.8. The molecule has 2 N–H and O–H groups in total. The van der Waals surface area contributed by atoms with Gasteiger partial charge in [-0.3, -0.25) is 4.79 Å². The largest absolute Gasteiger partial charge is 0.389 e.